The predicted octanol–water partition coefficient (Wildman–Crippen LogP) is 1.34. The number of carboxylic acid groups (broad SMARTS) is 1. The number of benzene rings is 1. The van der Waals surface area contributed by atoms with Crippen molar-refractivity contribution in [3.63, 3.8) is 0 Å². The Bertz CT molecular complexity index is 410. The largest absolute Gasteiger partial charge is 0.478 e. The Hall–Kier alpha value is -1.59. The molecule has 1 aromatic rings. The van der Waals surface area contributed by atoms with Crippen molar-refractivity contribution in [3.8, 4) is 0 Å². The van der Waals surface area contributed by atoms with E-state index in [9.17, 15) is 9.90 Å². The zero-order chi connectivity index (χ0) is 13.0. The molecule has 0 bridgehead atoms. The minimum absolute atomic E-state index is 0.0387. The van der Waals surface area contributed by atoms with E-state index in [4.69, 9.17) is 9.84 Å². The monoisotopic (exact) mass is 251 g/mol. The van der Waals surface area contributed by atoms with Crippen LogP contribution in [0.5, 0.6) is 0 Å². The minimum atomic E-state index is -0.940. The summed E-state index contributed by atoms with van der Waals surface area (Å²) in [5.41, 5.74) is 0.713. The first-order chi connectivity index (χ1) is 8.65. The third-order valence-electron chi connectivity index (χ3n) is 3.29. The molecule has 0 aliphatic carbocycles. The minimum Gasteiger partial charge on any atom is -0.478 e. The second kappa shape index (κ2) is 5.37. The van der Waals surface area contributed by atoms with E-state index >= 15 is 0 Å². The van der Waals surface area contributed by atoms with Gasteiger partial charge in [0.05, 0.1) is 17.7 Å². The molecule has 1 heterocycles. The number of hydrogen-bond acceptors (Lipinski definition) is 4. The molecule has 0 spiro atoms. The summed E-state index contributed by atoms with van der Waals surface area (Å²) in [7, 11) is 0. The van der Waals surface area contributed by atoms with E-state index in [0.717, 1.165) is 18.5 Å². The first-order valence-electron chi connectivity index (χ1n) is 5.95. The van der Waals surface area contributed by atoms with Crippen LogP contribution in [0.3, 0.4) is 0 Å². The Kier molecular flexibility index (Phi) is 3.84. The Balaban J connectivity index is 2.09. The van der Waals surface area contributed by atoms with Gasteiger partial charge in [-0.25, -0.2) is 4.79 Å². The predicted molar refractivity (Wildman–Crippen MR) is 66.9 cm³/mol. The van der Waals surface area contributed by atoms with Crippen LogP contribution in [0, 0.1) is 0 Å². The number of ether oxygens (including phenoxy) is 1. The molecule has 1 saturated heterocycles. The fraction of sp³-hybridized carbons (Fsp3) is 0.462. The molecule has 0 unspecified atom stereocenters. The first kappa shape index (κ1) is 12.9. The molecular weight excluding hydrogens is 234 g/mol. The van der Waals surface area contributed by atoms with Crippen LogP contribution in [0.25, 0.3) is 0 Å². The van der Waals surface area contributed by atoms with Gasteiger partial charge in [-0.2, -0.15) is 0 Å². The van der Waals surface area contributed by atoms with Gasteiger partial charge in [-0.1, -0.05) is 0 Å². The average molecular weight is 251 g/mol. The average Bonchev–Trinajstić information content (AvgIpc) is 2.40. The normalized spacial score (nSPS) is 18.3. The van der Waals surface area contributed by atoms with Crippen LogP contribution in [-0.2, 0) is 4.74 Å². The lowest BCUT2D eigenvalue weighted by atomic mass is 9.90. The van der Waals surface area contributed by atoms with E-state index in [1.807, 2.05) is 0 Å². The van der Waals surface area contributed by atoms with Crippen molar-refractivity contribution in [2.45, 2.75) is 18.4 Å². The van der Waals surface area contributed by atoms with Crippen LogP contribution in [-0.4, -0.2) is 41.5 Å². The second-order valence-corrected chi connectivity index (χ2v) is 4.56. The van der Waals surface area contributed by atoms with E-state index in [2.05, 4.69) is 5.32 Å². The molecule has 18 heavy (non-hydrogen) atoms. The molecule has 0 radical (unpaired) electrons. The van der Waals surface area contributed by atoms with Gasteiger partial charge in [0.15, 0.2) is 0 Å². The zero-order valence-electron chi connectivity index (χ0n) is 10.1. The molecule has 5 nitrogen and oxygen atoms in total. The van der Waals surface area contributed by atoms with Crippen molar-refractivity contribution < 1.29 is 19.7 Å². The number of aliphatic hydroxyl groups excluding tert-OH is 1. The van der Waals surface area contributed by atoms with E-state index in [0.29, 0.717) is 13.2 Å². The van der Waals surface area contributed by atoms with E-state index in [1.54, 1.807) is 24.3 Å². The van der Waals surface area contributed by atoms with Gasteiger partial charge in [-0.15, -0.1) is 0 Å². The summed E-state index contributed by atoms with van der Waals surface area (Å²) in [6, 6.07) is 6.54. The van der Waals surface area contributed by atoms with Crippen LogP contribution in [0.4, 0.5) is 5.69 Å². The van der Waals surface area contributed by atoms with Gasteiger partial charge in [0.25, 0.3) is 0 Å². The van der Waals surface area contributed by atoms with E-state index < -0.39 is 5.97 Å². The van der Waals surface area contributed by atoms with Crippen LogP contribution in [0.1, 0.15) is 23.2 Å². The van der Waals surface area contributed by atoms with Crippen molar-refractivity contribution >= 4 is 11.7 Å². The highest BCUT2D eigenvalue weighted by molar-refractivity contribution is 5.88. The highest BCUT2D eigenvalue weighted by Crippen LogP contribution is 2.25. The van der Waals surface area contributed by atoms with E-state index in [1.165, 1.54) is 0 Å². The standard InChI is InChI=1S/C13H17NO4/c15-9-13(5-7-18-8-6-13)14-11-3-1-10(2-4-11)12(16)17/h1-4,14-15H,5-9H2,(H,16,17). The third kappa shape index (κ3) is 2.80. The SMILES string of the molecule is O=C(O)c1ccc(NC2(CO)CCOCC2)cc1. The molecule has 0 amide bonds. The molecule has 0 atom stereocenters. The maximum Gasteiger partial charge on any atom is 0.335 e. The number of rotatable bonds is 4. The topological polar surface area (TPSA) is 78.8 Å². The van der Waals surface area contributed by atoms with Crippen LogP contribution in [0.2, 0.25) is 0 Å². The number of carboxylic acids is 1. The van der Waals surface area contributed by atoms with Crippen molar-refractivity contribution in [1.82, 2.24) is 0 Å². The number of nitrogens with one attached hydrogen (secondary N) is 1. The molecule has 3 N–H and O–H groups in total. The van der Waals surface area contributed by atoms with Crippen LogP contribution in [0.15, 0.2) is 24.3 Å². The summed E-state index contributed by atoms with van der Waals surface area (Å²) in [6.45, 7) is 1.29. The van der Waals surface area contributed by atoms with Crippen LogP contribution >= 0.6 is 0 Å². The number of carbonyl (C=O) groups is 1. The lowest BCUT2D eigenvalue weighted by Gasteiger charge is -2.37. The number of hydrogen-bond donors (Lipinski definition) is 3. The Morgan fingerprint density at radius 3 is 2.39 bits per heavy atom. The Morgan fingerprint density at radius 1 is 1.28 bits per heavy atom. The van der Waals surface area contributed by atoms with Gasteiger partial charge in [0.1, 0.15) is 0 Å². The Labute approximate surface area is 105 Å². The molecule has 0 aromatic heterocycles. The molecule has 98 valence electrons. The summed E-state index contributed by atoms with van der Waals surface area (Å²) in [5.74, 6) is -0.940. The lowest BCUT2D eigenvalue weighted by molar-refractivity contribution is 0.0380. The fourth-order valence-corrected chi connectivity index (χ4v) is 2.09. The molecule has 5 heteroatoms. The summed E-state index contributed by atoms with van der Waals surface area (Å²) in [5, 5.41) is 21.6. The number of anilines is 1. The van der Waals surface area contributed by atoms with Gasteiger partial charge in [-0.05, 0) is 37.1 Å². The molecule has 1 aromatic carbocycles. The highest BCUT2D eigenvalue weighted by atomic mass is 16.5. The van der Waals surface area contributed by atoms with Crippen molar-refractivity contribution in [2.75, 3.05) is 25.1 Å². The van der Waals surface area contributed by atoms with Crippen LogP contribution < -0.4 is 5.32 Å². The number of aliphatic hydroxyl groups is 1. The lowest BCUT2D eigenvalue weighted by Crippen LogP contribution is -2.46. The summed E-state index contributed by atoms with van der Waals surface area (Å²) in [6.07, 6.45) is 1.48. The number of aromatic carboxylic acids is 1. The molecule has 0 saturated carbocycles. The van der Waals surface area contributed by atoms with Crippen molar-refractivity contribution in [2.24, 2.45) is 0 Å². The third-order valence-corrected chi connectivity index (χ3v) is 3.29. The van der Waals surface area contributed by atoms with E-state index in [-0.39, 0.29) is 17.7 Å². The maximum atomic E-state index is 10.7. The smallest absolute Gasteiger partial charge is 0.335 e. The molecule has 1 aliphatic rings. The van der Waals surface area contributed by atoms with Gasteiger partial charge in [-0.3, -0.25) is 0 Å². The first-order valence-corrected chi connectivity index (χ1v) is 5.95. The maximum absolute atomic E-state index is 10.7. The van der Waals surface area contributed by atoms with Crippen molar-refractivity contribution in [3.05, 3.63) is 29.8 Å². The van der Waals surface area contributed by atoms with Gasteiger partial charge >= 0.3 is 5.97 Å². The highest BCUT2D eigenvalue weighted by Gasteiger charge is 2.31. The zero-order valence-corrected chi connectivity index (χ0v) is 10.1. The molecule has 1 aliphatic heterocycles. The molecule has 1 fully saturated rings. The quantitative estimate of drug-likeness (QED) is 0.752. The summed E-state index contributed by atoms with van der Waals surface area (Å²) in [4.78, 5) is 10.7. The molecular formula is C13H17NO4. The fourth-order valence-electron chi connectivity index (χ4n) is 2.09. The second-order valence-electron chi connectivity index (χ2n) is 4.56. The summed E-state index contributed by atoms with van der Waals surface area (Å²) >= 11 is 0. The van der Waals surface area contributed by atoms with Crippen molar-refractivity contribution in [1.29, 1.82) is 0 Å². The van der Waals surface area contributed by atoms with Gasteiger partial charge < -0.3 is 20.3 Å². The van der Waals surface area contributed by atoms with Gasteiger partial charge in [0.2, 0.25) is 0 Å². The Morgan fingerprint density at radius 2 is 1.89 bits per heavy atom. The molecule has 2 rings (SSSR count). The summed E-state index contributed by atoms with van der Waals surface area (Å²) < 4.78 is 5.29. The van der Waals surface area contributed by atoms with Gasteiger partial charge in [0, 0.05) is 18.9 Å².